The summed E-state index contributed by atoms with van der Waals surface area (Å²) in [6, 6.07) is 6.86. The molecule has 0 bridgehead atoms. The first-order valence-corrected chi connectivity index (χ1v) is 13.3. The molecule has 1 atom stereocenters. The van der Waals surface area contributed by atoms with E-state index in [-0.39, 0.29) is 5.41 Å². The van der Waals surface area contributed by atoms with Gasteiger partial charge in [0.2, 0.25) is 0 Å². The van der Waals surface area contributed by atoms with E-state index in [1.807, 2.05) is 27.7 Å². The van der Waals surface area contributed by atoms with Gasteiger partial charge in [-0.1, -0.05) is 83.6 Å². The first kappa shape index (κ1) is 29.4. The average molecular weight is 458 g/mol. The predicted octanol–water partition coefficient (Wildman–Crippen LogP) is 9.53. The lowest BCUT2D eigenvalue weighted by Gasteiger charge is -2.38. The molecule has 2 aromatic rings. The third kappa shape index (κ3) is 6.93. The fourth-order valence-electron chi connectivity index (χ4n) is 5.05. The van der Waals surface area contributed by atoms with Gasteiger partial charge in [0.25, 0.3) is 0 Å². The van der Waals surface area contributed by atoms with Gasteiger partial charge in [-0.05, 0) is 86.6 Å². The van der Waals surface area contributed by atoms with Crippen molar-refractivity contribution >= 4 is 10.9 Å². The standard InChI is InChI=1S/C27H33N.2C2H6.C2H2/c1-5-7-23-24-18-20(3)11-13-25(24)28-26(23)21-14-16-27(4,17-15-21)22-9-6-8-19(2)10-12-22;3*1-2/h9-13,18-19,21,28H,5,7,14-17H2,1-4H3;2*1-2H3;1-2H. The van der Waals surface area contributed by atoms with Crippen molar-refractivity contribution in [3.05, 3.63) is 58.8 Å². The van der Waals surface area contributed by atoms with Gasteiger partial charge in [0, 0.05) is 22.5 Å². The molecule has 0 saturated heterocycles. The summed E-state index contributed by atoms with van der Waals surface area (Å²) < 4.78 is 0. The summed E-state index contributed by atoms with van der Waals surface area (Å²) in [6.07, 6.45) is 22.1. The molecule has 1 fully saturated rings. The summed E-state index contributed by atoms with van der Waals surface area (Å²) in [5.41, 5.74) is 7.46. The molecule has 1 unspecified atom stereocenters. The van der Waals surface area contributed by atoms with Crippen molar-refractivity contribution in [2.24, 2.45) is 11.3 Å². The molecular weight excluding hydrogens is 410 g/mol. The summed E-state index contributed by atoms with van der Waals surface area (Å²) in [6.45, 7) is 17.1. The highest BCUT2D eigenvalue weighted by atomic mass is 14.7. The van der Waals surface area contributed by atoms with Crippen molar-refractivity contribution in [2.45, 2.75) is 99.8 Å². The van der Waals surface area contributed by atoms with Gasteiger partial charge < -0.3 is 4.98 Å². The van der Waals surface area contributed by atoms with E-state index in [9.17, 15) is 0 Å². The van der Waals surface area contributed by atoms with Crippen LogP contribution in [0.2, 0.25) is 0 Å². The number of benzene rings is 1. The zero-order valence-electron chi connectivity index (χ0n) is 23.0. The molecule has 1 aromatic carbocycles. The molecule has 1 heterocycles. The van der Waals surface area contributed by atoms with Crippen LogP contribution < -0.4 is 0 Å². The van der Waals surface area contributed by atoms with Crippen LogP contribution in [-0.2, 0) is 6.42 Å². The van der Waals surface area contributed by atoms with Gasteiger partial charge in [-0.25, -0.2) is 0 Å². The van der Waals surface area contributed by atoms with Crippen LogP contribution in [0.5, 0.6) is 0 Å². The highest BCUT2D eigenvalue weighted by Gasteiger charge is 2.35. The van der Waals surface area contributed by atoms with E-state index in [1.165, 1.54) is 66.3 Å². The minimum Gasteiger partial charge on any atom is -0.358 e. The third-order valence-corrected chi connectivity index (χ3v) is 6.89. The first-order chi connectivity index (χ1) is 16.5. The van der Waals surface area contributed by atoms with Crippen LogP contribution in [-0.4, -0.2) is 4.98 Å². The van der Waals surface area contributed by atoms with Gasteiger partial charge >= 0.3 is 0 Å². The molecule has 2 aliphatic rings. The lowest BCUT2D eigenvalue weighted by molar-refractivity contribution is 0.248. The number of fused-ring (bicyclic) bond motifs is 1. The molecule has 2 aliphatic carbocycles. The van der Waals surface area contributed by atoms with E-state index in [0.717, 1.165) is 0 Å². The Hall–Kier alpha value is -2.64. The molecule has 1 nitrogen and oxygen atoms in total. The Bertz CT molecular complexity index is 1020. The van der Waals surface area contributed by atoms with Gasteiger partial charge in [0.05, 0.1) is 0 Å². The van der Waals surface area contributed by atoms with Crippen molar-refractivity contribution in [3.8, 4) is 24.7 Å². The van der Waals surface area contributed by atoms with E-state index in [4.69, 9.17) is 0 Å². The second kappa shape index (κ2) is 14.6. The van der Waals surface area contributed by atoms with Gasteiger partial charge in [0.15, 0.2) is 0 Å². The average Bonchev–Trinajstić information content (AvgIpc) is 3.06. The Labute approximate surface area is 210 Å². The van der Waals surface area contributed by atoms with Crippen LogP contribution in [0.15, 0.2) is 42.0 Å². The molecule has 0 spiro atoms. The summed E-state index contributed by atoms with van der Waals surface area (Å²) in [5, 5.41) is 1.45. The van der Waals surface area contributed by atoms with E-state index in [0.29, 0.717) is 11.8 Å². The molecule has 0 radical (unpaired) electrons. The van der Waals surface area contributed by atoms with Crippen LogP contribution >= 0.6 is 0 Å². The normalized spacial score (nSPS) is 22.8. The van der Waals surface area contributed by atoms with Crippen LogP contribution in [0, 0.1) is 42.9 Å². The lowest BCUT2D eigenvalue weighted by atomic mass is 9.66. The molecule has 1 N–H and O–H groups in total. The smallest absolute Gasteiger partial charge is 0.0459 e. The van der Waals surface area contributed by atoms with Gasteiger partial charge in [-0.15, -0.1) is 12.8 Å². The van der Waals surface area contributed by atoms with Crippen molar-refractivity contribution in [2.75, 3.05) is 0 Å². The number of terminal acetylenes is 1. The number of allylic oxidation sites excluding steroid dienone is 4. The number of hydrogen-bond donors (Lipinski definition) is 1. The molecular formula is C33H47N. The molecule has 0 amide bonds. The Balaban J connectivity index is 0.000000894. The van der Waals surface area contributed by atoms with Crippen molar-refractivity contribution < 1.29 is 0 Å². The molecule has 0 aliphatic heterocycles. The van der Waals surface area contributed by atoms with Crippen molar-refractivity contribution in [1.29, 1.82) is 0 Å². The van der Waals surface area contributed by atoms with Crippen molar-refractivity contribution in [1.82, 2.24) is 4.98 Å². The SMILES string of the molecule is C#C.CC.CC.CCCc1c(C2CCC(C)(C3=CC#CC(C)C=C3)CC2)[nH]c2ccc(C)cc12. The van der Waals surface area contributed by atoms with Gasteiger partial charge in [-0.2, -0.15) is 0 Å². The highest BCUT2D eigenvalue weighted by Crippen LogP contribution is 2.48. The second-order valence-electron chi connectivity index (χ2n) is 9.19. The van der Waals surface area contributed by atoms with E-state index in [2.05, 4.69) is 93.8 Å². The Morgan fingerprint density at radius 3 is 2.35 bits per heavy atom. The van der Waals surface area contributed by atoms with Crippen LogP contribution in [0.3, 0.4) is 0 Å². The maximum absolute atomic E-state index is 4.00. The van der Waals surface area contributed by atoms with E-state index < -0.39 is 0 Å². The number of aromatic amines is 1. The van der Waals surface area contributed by atoms with E-state index in [1.54, 1.807) is 5.56 Å². The largest absolute Gasteiger partial charge is 0.358 e. The van der Waals surface area contributed by atoms with E-state index >= 15 is 0 Å². The Kier molecular flexibility index (Phi) is 12.6. The molecule has 4 rings (SSSR count). The number of rotatable bonds is 4. The number of H-pyrrole nitrogens is 1. The fourth-order valence-corrected chi connectivity index (χ4v) is 5.05. The summed E-state index contributed by atoms with van der Waals surface area (Å²) in [7, 11) is 0. The molecule has 1 heteroatoms. The zero-order valence-corrected chi connectivity index (χ0v) is 23.0. The third-order valence-electron chi connectivity index (χ3n) is 6.89. The van der Waals surface area contributed by atoms with Crippen LogP contribution in [0.25, 0.3) is 10.9 Å². The topological polar surface area (TPSA) is 15.8 Å². The lowest BCUT2D eigenvalue weighted by Crippen LogP contribution is -2.25. The van der Waals surface area contributed by atoms with Crippen molar-refractivity contribution in [3.63, 3.8) is 0 Å². The quantitative estimate of drug-likeness (QED) is 0.440. The summed E-state index contributed by atoms with van der Waals surface area (Å²) >= 11 is 0. The minimum atomic E-state index is 0.263. The monoisotopic (exact) mass is 457 g/mol. The number of nitrogens with one attached hydrogen (secondary N) is 1. The number of aryl methyl sites for hydroxylation is 2. The number of aromatic nitrogens is 1. The van der Waals surface area contributed by atoms with Gasteiger partial charge in [-0.3, -0.25) is 0 Å². The summed E-state index contributed by atoms with van der Waals surface area (Å²) in [5.74, 6) is 7.59. The zero-order chi connectivity index (χ0) is 25.7. The predicted molar refractivity (Wildman–Crippen MR) is 153 cm³/mol. The molecule has 34 heavy (non-hydrogen) atoms. The number of hydrogen-bond acceptors (Lipinski definition) is 0. The maximum Gasteiger partial charge on any atom is 0.0459 e. The summed E-state index contributed by atoms with van der Waals surface area (Å²) in [4.78, 5) is 3.82. The van der Waals surface area contributed by atoms with Crippen LogP contribution in [0.4, 0.5) is 0 Å². The van der Waals surface area contributed by atoms with Gasteiger partial charge in [0.1, 0.15) is 0 Å². The maximum atomic E-state index is 4.00. The molecule has 1 saturated carbocycles. The minimum absolute atomic E-state index is 0.263. The fraction of sp³-hybridized carbons (Fsp3) is 0.515. The molecule has 184 valence electrons. The Morgan fingerprint density at radius 1 is 1.09 bits per heavy atom. The van der Waals surface area contributed by atoms with Crippen LogP contribution in [0.1, 0.15) is 103 Å². The highest BCUT2D eigenvalue weighted by molar-refractivity contribution is 5.85. The first-order valence-electron chi connectivity index (χ1n) is 13.3. The molecule has 1 aromatic heterocycles. The Morgan fingerprint density at radius 2 is 1.74 bits per heavy atom. The second-order valence-corrected chi connectivity index (χ2v) is 9.19.